The highest BCUT2D eigenvalue weighted by Gasteiger charge is 2.06. The third-order valence-corrected chi connectivity index (χ3v) is 4.07. The van der Waals surface area contributed by atoms with Crippen LogP contribution >= 0.6 is 11.8 Å². The number of nitrogens with one attached hydrogen (secondary N) is 1. The largest absolute Gasteiger partial charge is 0.464 e. The topological polar surface area (TPSA) is 25.2 Å². The lowest BCUT2D eigenvalue weighted by Crippen LogP contribution is -2.27. The van der Waals surface area contributed by atoms with Crippen LogP contribution in [-0.4, -0.2) is 11.8 Å². The molecule has 1 heterocycles. The normalized spacial score (nSPS) is 12.5. The maximum atomic E-state index is 5.80. The first-order chi connectivity index (χ1) is 9.78. The Balaban J connectivity index is 1.75. The summed E-state index contributed by atoms with van der Waals surface area (Å²) in [5, 5.41) is 3.52. The summed E-state index contributed by atoms with van der Waals surface area (Å²) in [6, 6.07) is 15.2. The van der Waals surface area contributed by atoms with E-state index in [1.54, 1.807) is 0 Å². The zero-order valence-electron chi connectivity index (χ0n) is 12.3. The minimum absolute atomic E-state index is 0.441. The van der Waals surface area contributed by atoms with E-state index in [-0.39, 0.29) is 0 Å². The molecule has 0 bridgehead atoms. The van der Waals surface area contributed by atoms with E-state index >= 15 is 0 Å². The van der Waals surface area contributed by atoms with Gasteiger partial charge in [0, 0.05) is 6.04 Å². The average molecular weight is 289 g/mol. The van der Waals surface area contributed by atoms with Gasteiger partial charge in [0.25, 0.3) is 0 Å². The SMILES string of the molecule is CCSCc1ccc(CN[C@H](C)Cc2ccccc2)o1. The van der Waals surface area contributed by atoms with Gasteiger partial charge in [0.05, 0.1) is 12.3 Å². The summed E-state index contributed by atoms with van der Waals surface area (Å²) in [6.07, 6.45) is 1.04. The molecule has 0 fully saturated rings. The molecule has 0 aliphatic rings. The molecule has 0 aliphatic carbocycles. The van der Waals surface area contributed by atoms with Crippen molar-refractivity contribution in [2.75, 3.05) is 5.75 Å². The van der Waals surface area contributed by atoms with Crippen LogP contribution in [0.25, 0.3) is 0 Å². The number of benzene rings is 1. The van der Waals surface area contributed by atoms with Crippen LogP contribution in [0.1, 0.15) is 30.9 Å². The Morgan fingerprint density at radius 1 is 1.10 bits per heavy atom. The zero-order chi connectivity index (χ0) is 14.2. The van der Waals surface area contributed by atoms with Crippen molar-refractivity contribution in [3.8, 4) is 0 Å². The van der Waals surface area contributed by atoms with Crippen LogP contribution in [0.3, 0.4) is 0 Å². The van der Waals surface area contributed by atoms with Gasteiger partial charge in [0.1, 0.15) is 11.5 Å². The molecule has 1 atom stereocenters. The van der Waals surface area contributed by atoms with E-state index < -0.39 is 0 Å². The Labute approximate surface area is 126 Å². The van der Waals surface area contributed by atoms with Gasteiger partial charge in [0.15, 0.2) is 0 Å². The molecule has 1 aromatic heterocycles. The molecule has 2 nitrogen and oxygen atoms in total. The summed E-state index contributed by atoms with van der Waals surface area (Å²) in [6.45, 7) is 5.18. The quantitative estimate of drug-likeness (QED) is 0.786. The lowest BCUT2D eigenvalue weighted by atomic mass is 10.1. The molecule has 0 aliphatic heterocycles. The van der Waals surface area contributed by atoms with Crippen LogP contribution in [0.2, 0.25) is 0 Å². The van der Waals surface area contributed by atoms with Crippen LogP contribution in [-0.2, 0) is 18.7 Å². The molecule has 0 unspecified atom stereocenters. The molecular weight excluding hydrogens is 266 g/mol. The predicted molar refractivity (Wildman–Crippen MR) is 87.0 cm³/mol. The van der Waals surface area contributed by atoms with Crippen LogP contribution in [0.15, 0.2) is 46.9 Å². The summed E-state index contributed by atoms with van der Waals surface area (Å²) in [5.41, 5.74) is 1.37. The lowest BCUT2D eigenvalue weighted by molar-refractivity contribution is 0.437. The second kappa shape index (κ2) is 8.18. The van der Waals surface area contributed by atoms with E-state index in [1.165, 1.54) is 5.56 Å². The fourth-order valence-corrected chi connectivity index (χ4v) is 2.67. The molecule has 1 aromatic carbocycles. The van der Waals surface area contributed by atoms with Crippen molar-refractivity contribution in [2.24, 2.45) is 0 Å². The van der Waals surface area contributed by atoms with Crippen molar-refractivity contribution in [3.63, 3.8) is 0 Å². The standard InChI is InChI=1S/C17H23NOS/c1-3-20-13-17-10-9-16(19-17)12-18-14(2)11-15-7-5-4-6-8-15/h4-10,14,18H,3,11-13H2,1-2H3/t14-/m1/s1. The Hall–Kier alpha value is -1.19. The molecule has 0 radical (unpaired) electrons. The molecule has 0 spiro atoms. The molecule has 108 valence electrons. The summed E-state index contributed by atoms with van der Waals surface area (Å²) in [7, 11) is 0. The minimum atomic E-state index is 0.441. The molecule has 0 saturated carbocycles. The van der Waals surface area contributed by atoms with Crippen molar-refractivity contribution >= 4 is 11.8 Å². The molecular formula is C17H23NOS. The second-order valence-corrected chi connectivity index (χ2v) is 6.25. The Morgan fingerprint density at radius 3 is 2.60 bits per heavy atom. The molecule has 2 rings (SSSR count). The Morgan fingerprint density at radius 2 is 1.85 bits per heavy atom. The third kappa shape index (κ3) is 5.06. The fourth-order valence-electron chi connectivity index (χ4n) is 2.11. The van der Waals surface area contributed by atoms with Crippen molar-refractivity contribution in [2.45, 2.75) is 38.6 Å². The number of hydrogen-bond acceptors (Lipinski definition) is 3. The van der Waals surface area contributed by atoms with Crippen LogP contribution < -0.4 is 5.32 Å². The minimum Gasteiger partial charge on any atom is -0.464 e. The van der Waals surface area contributed by atoms with Crippen LogP contribution in [0.5, 0.6) is 0 Å². The van der Waals surface area contributed by atoms with E-state index in [0.29, 0.717) is 6.04 Å². The summed E-state index contributed by atoms with van der Waals surface area (Å²) < 4.78 is 5.80. The second-order valence-electron chi connectivity index (χ2n) is 4.98. The third-order valence-electron chi connectivity index (χ3n) is 3.18. The summed E-state index contributed by atoms with van der Waals surface area (Å²) in [4.78, 5) is 0. The van der Waals surface area contributed by atoms with E-state index in [2.05, 4.69) is 61.6 Å². The zero-order valence-corrected chi connectivity index (χ0v) is 13.1. The van der Waals surface area contributed by atoms with E-state index in [4.69, 9.17) is 4.42 Å². The van der Waals surface area contributed by atoms with E-state index in [9.17, 15) is 0 Å². The van der Waals surface area contributed by atoms with E-state index in [0.717, 1.165) is 36.0 Å². The number of furan rings is 1. The first-order valence-electron chi connectivity index (χ1n) is 7.20. The maximum Gasteiger partial charge on any atom is 0.118 e. The van der Waals surface area contributed by atoms with Gasteiger partial charge in [-0.15, -0.1) is 0 Å². The maximum absolute atomic E-state index is 5.80. The summed E-state index contributed by atoms with van der Waals surface area (Å²) in [5.74, 6) is 4.19. The van der Waals surface area contributed by atoms with E-state index in [1.807, 2.05) is 11.8 Å². The Kier molecular flexibility index (Phi) is 6.22. The highest BCUT2D eigenvalue weighted by molar-refractivity contribution is 7.98. The fraction of sp³-hybridized carbons (Fsp3) is 0.412. The van der Waals surface area contributed by atoms with Crippen molar-refractivity contribution in [1.29, 1.82) is 0 Å². The van der Waals surface area contributed by atoms with Crippen molar-refractivity contribution < 1.29 is 4.42 Å². The van der Waals surface area contributed by atoms with Gasteiger partial charge in [-0.05, 0) is 36.8 Å². The van der Waals surface area contributed by atoms with Gasteiger partial charge >= 0.3 is 0 Å². The number of thioether (sulfide) groups is 1. The molecule has 0 saturated heterocycles. The van der Waals surface area contributed by atoms with Crippen molar-refractivity contribution in [1.82, 2.24) is 5.32 Å². The average Bonchev–Trinajstić information content (AvgIpc) is 2.92. The van der Waals surface area contributed by atoms with Gasteiger partial charge in [0.2, 0.25) is 0 Å². The predicted octanol–water partition coefficient (Wildman–Crippen LogP) is 4.25. The smallest absolute Gasteiger partial charge is 0.118 e. The highest BCUT2D eigenvalue weighted by atomic mass is 32.2. The first kappa shape index (κ1) is 15.2. The van der Waals surface area contributed by atoms with Crippen LogP contribution in [0.4, 0.5) is 0 Å². The molecule has 2 aromatic rings. The van der Waals surface area contributed by atoms with Crippen molar-refractivity contribution in [3.05, 3.63) is 59.5 Å². The monoisotopic (exact) mass is 289 g/mol. The number of hydrogen-bond donors (Lipinski definition) is 1. The van der Waals surface area contributed by atoms with Gasteiger partial charge in [-0.3, -0.25) is 0 Å². The summed E-state index contributed by atoms with van der Waals surface area (Å²) >= 11 is 1.89. The molecule has 1 N–H and O–H groups in total. The Bertz CT molecular complexity index is 495. The highest BCUT2D eigenvalue weighted by Crippen LogP contribution is 2.15. The lowest BCUT2D eigenvalue weighted by Gasteiger charge is -2.12. The van der Waals surface area contributed by atoms with Gasteiger partial charge in [-0.1, -0.05) is 37.3 Å². The first-order valence-corrected chi connectivity index (χ1v) is 8.36. The van der Waals surface area contributed by atoms with Gasteiger partial charge in [-0.25, -0.2) is 0 Å². The molecule has 3 heteroatoms. The van der Waals surface area contributed by atoms with Gasteiger partial charge < -0.3 is 9.73 Å². The van der Waals surface area contributed by atoms with Gasteiger partial charge in [-0.2, -0.15) is 11.8 Å². The molecule has 20 heavy (non-hydrogen) atoms. The number of rotatable bonds is 8. The van der Waals surface area contributed by atoms with Crippen LogP contribution in [0, 0.1) is 0 Å². The molecule has 0 amide bonds.